The van der Waals surface area contributed by atoms with Crippen molar-refractivity contribution in [3.63, 3.8) is 0 Å². The monoisotopic (exact) mass is 330 g/mol. The van der Waals surface area contributed by atoms with Gasteiger partial charge in [-0.2, -0.15) is 0 Å². The fraction of sp³-hybridized carbons (Fsp3) is 0.750. The third-order valence-corrected chi connectivity index (χ3v) is 5.22. The lowest BCUT2D eigenvalue weighted by atomic mass is 9.70. The Morgan fingerprint density at radius 3 is 1.86 bits per heavy atom. The Bertz CT molecular complexity index is 496. The van der Waals surface area contributed by atoms with Crippen LogP contribution in [0.15, 0.2) is 0 Å². The molecule has 1 aromatic heterocycles. The van der Waals surface area contributed by atoms with Gasteiger partial charge in [0.05, 0.1) is 0 Å². The maximum absolute atomic E-state index is 6.33. The fourth-order valence-electron chi connectivity index (χ4n) is 2.95. The van der Waals surface area contributed by atoms with Gasteiger partial charge in [0.15, 0.2) is 5.82 Å². The number of ether oxygens (including phenoxy) is 1. The number of halogens is 2. The van der Waals surface area contributed by atoms with E-state index in [0.717, 1.165) is 31.2 Å². The first-order chi connectivity index (χ1) is 9.71. The van der Waals surface area contributed by atoms with E-state index in [-0.39, 0.29) is 5.92 Å². The average molecular weight is 331 g/mol. The van der Waals surface area contributed by atoms with Crippen molar-refractivity contribution in [2.45, 2.75) is 64.9 Å². The second-order valence-corrected chi connectivity index (χ2v) is 7.78. The predicted octanol–water partition coefficient (Wildman–Crippen LogP) is 5.35. The zero-order valence-electron chi connectivity index (χ0n) is 13.5. The van der Waals surface area contributed by atoms with E-state index in [2.05, 4.69) is 23.8 Å². The molecular weight excluding hydrogens is 307 g/mol. The molecule has 21 heavy (non-hydrogen) atoms. The Kier molecular flexibility index (Phi) is 4.87. The molecule has 0 N–H and O–H groups in total. The zero-order chi connectivity index (χ0) is 15.8. The number of methoxy groups -OCH3 is 1. The molecule has 0 radical (unpaired) electrons. The lowest BCUT2D eigenvalue weighted by Crippen LogP contribution is -2.38. The van der Waals surface area contributed by atoms with Crippen LogP contribution < -0.4 is 0 Å². The first-order valence-electron chi connectivity index (χ1n) is 7.49. The van der Waals surface area contributed by atoms with Crippen LogP contribution in [0.25, 0.3) is 0 Å². The number of aromatic nitrogens is 2. The third-order valence-electron chi connectivity index (χ3n) is 4.64. The zero-order valence-corrected chi connectivity index (χ0v) is 15.0. The first-order valence-corrected chi connectivity index (χ1v) is 8.25. The summed E-state index contributed by atoms with van der Waals surface area (Å²) in [5.74, 6) is 0.822. The molecule has 118 valence electrons. The molecule has 0 atom stereocenters. The lowest BCUT2D eigenvalue weighted by Gasteiger charge is -2.41. The Morgan fingerprint density at radius 2 is 1.48 bits per heavy atom. The molecule has 0 aromatic carbocycles. The molecule has 0 aliphatic heterocycles. The maximum Gasteiger partial charge on any atom is 0.163 e. The molecule has 1 aromatic rings. The molecule has 1 fully saturated rings. The van der Waals surface area contributed by atoms with Crippen molar-refractivity contribution in [3.8, 4) is 0 Å². The number of hydrogen-bond donors (Lipinski definition) is 0. The molecule has 0 saturated heterocycles. The van der Waals surface area contributed by atoms with Crippen LogP contribution in [0.3, 0.4) is 0 Å². The average Bonchev–Trinajstić information content (AvgIpc) is 2.38. The standard InChI is InChI=1S/C16H24Cl2N2O/c1-10(2)11-12(17)19-14(20-13(11)18)16(21-5)8-6-15(3,4)7-9-16/h10H,6-9H2,1-5H3. The van der Waals surface area contributed by atoms with Crippen molar-refractivity contribution in [2.24, 2.45) is 5.41 Å². The van der Waals surface area contributed by atoms with E-state index in [9.17, 15) is 0 Å². The van der Waals surface area contributed by atoms with Gasteiger partial charge in [-0.15, -0.1) is 0 Å². The van der Waals surface area contributed by atoms with E-state index in [1.807, 2.05) is 13.8 Å². The van der Waals surface area contributed by atoms with E-state index in [1.54, 1.807) is 7.11 Å². The molecule has 5 heteroatoms. The molecule has 1 heterocycles. The number of nitrogens with zero attached hydrogens (tertiary/aromatic N) is 2. The van der Waals surface area contributed by atoms with Crippen molar-refractivity contribution in [1.82, 2.24) is 9.97 Å². The van der Waals surface area contributed by atoms with Gasteiger partial charge in [0, 0.05) is 12.7 Å². The Labute approximate surface area is 137 Å². The highest BCUT2D eigenvalue weighted by Crippen LogP contribution is 2.46. The number of rotatable bonds is 3. The van der Waals surface area contributed by atoms with Gasteiger partial charge >= 0.3 is 0 Å². The van der Waals surface area contributed by atoms with E-state index < -0.39 is 5.60 Å². The van der Waals surface area contributed by atoms with Crippen LogP contribution in [0.2, 0.25) is 10.3 Å². The quantitative estimate of drug-likeness (QED) is 0.701. The highest BCUT2D eigenvalue weighted by molar-refractivity contribution is 6.34. The fourth-order valence-corrected chi connectivity index (χ4v) is 3.77. The first kappa shape index (κ1) is 17.0. The minimum Gasteiger partial charge on any atom is -0.370 e. The SMILES string of the molecule is COC1(c2nc(Cl)c(C(C)C)c(Cl)n2)CCC(C)(C)CC1. The summed E-state index contributed by atoms with van der Waals surface area (Å²) in [6, 6.07) is 0. The predicted molar refractivity (Wildman–Crippen MR) is 87.1 cm³/mol. The summed E-state index contributed by atoms with van der Waals surface area (Å²) in [7, 11) is 1.72. The van der Waals surface area contributed by atoms with Crippen LogP contribution in [0.4, 0.5) is 0 Å². The van der Waals surface area contributed by atoms with Crippen LogP contribution in [-0.2, 0) is 10.3 Å². The van der Waals surface area contributed by atoms with Crippen LogP contribution in [0.5, 0.6) is 0 Å². The van der Waals surface area contributed by atoms with Crippen molar-refractivity contribution in [1.29, 1.82) is 0 Å². The Balaban J connectivity index is 2.40. The van der Waals surface area contributed by atoms with Gasteiger partial charge in [0.1, 0.15) is 15.9 Å². The molecule has 0 unspecified atom stereocenters. The van der Waals surface area contributed by atoms with Crippen molar-refractivity contribution >= 4 is 23.2 Å². The molecule has 1 saturated carbocycles. The molecule has 0 spiro atoms. The smallest absolute Gasteiger partial charge is 0.163 e. The Morgan fingerprint density at radius 1 is 1.00 bits per heavy atom. The van der Waals surface area contributed by atoms with E-state index in [0.29, 0.717) is 21.5 Å². The van der Waals surface area contributed by atoms with Crippen molar-refractivity contribution < 1.29 is 4.74 Å². The highest BCUT2D eigenvalue weighted by atomic mass is 35.5. The molecule has 3 nitrogen and oxygen atoms in total. The topological polar surface area (TPSA) is 35.0 Å². The third kappa shape index (κ3) is 3.35. The van der Waals surface area contributed by atoms with Gasteiger partial charge < -0.3 is 4.74 Å². The van der Waals surface area contributed by atoms with Gasteiger partial charge in [0.2, 0.25) is 0 Å². The summed E-state index contributed by atoms with van der Waals surface area (Å²) in [5.41, 5.74) is 0.690. The second kappa shape index (κ2) is 6.02. The molecular formula is C16H24Cl2N2O. The summed E-state index contributed by atoms with van der Waals surface area (Å²) < 4.78 is 5.83. The van der Waals surface area contributed by atoms with Gasteiger partial charge in [-0.3, -0.25) is 0 Å². The minimum atomic E-state index is -0.460. The van der Waals surface area contributed by atoms with Crippen LogP contribution in [0.1, 0.15) is 70.7 Å². The van der Waals surface area contributed by atoms with Crippen LogP contribution >= 0.6 is 23.2 Å². The summed E-state index contributed by atoms with van der Waals surface area (Å²) in [4.78, 5) is 9.03. The molecule has 1 aliphatic carbocycles. The van der Waals surface area contributed by atoms with Crippen molar-refractivity contribution in [2.75, 3.05) is 7.11 Å². The summed E-state index contributed by atoms with van der Waals surface area (Å²) in [5, 5.41) is 0.891. The van der Waals surface area contributed by atoms with Gasteiger partial charge in [-0.25, -0.2) is 9.97 Å². The molecule has 0 amide bonds. The summed E-state index contributed by atoms with van der Waals surface area (Å²) in [6.07, 6.45) is 3.94. The number of hydrogen-bond acceptors (Lipinski definition) is 3. The molecule has 1 aliphatic rings. The van der Waals surface area contributed by atoms with Gasteiger partial charge in [0.25, 0.3) is 0 Å². The van der Waals surface area contributed by atoms with Gasteiger partial charge in [-0.1, -0.05) is 50.9 Å². The van der Waals surface area contributed by atoms with E-state index in [1.165, 1.54) is 0 Å². The second-order valence-electron chi connectivity index (χ2n) is 7.06. The van der Waals surface area contributed by atoms with Crippen LogP contribution in [-0.4, -0.2) is 17.1 Å². The van der Waals surface area contributed by atoms with E-state index >= 15 is 0 Å². The molecule has 2 rings (SSSR count). The summed E-state index contributed by atoms with van der Waals surface area (Å²) >= 11 is 12.7. The van der Waals surface area contributed by atoms with Crippen LogP contribution in [0, 0.1) is 5.41 Å². The summed E-state index contributed by atoms with van der Waals surface area (Å²) in [6.45, 7) is 8.64. The van der Waals surface area contributed by atoms with Gasteiger partial charge in [-0.05, 0) is 37.0 Å². The largest absolute Gasteiger partial charge is 0.370 e. The van der Waals surface area contributed by atoms with Crippen molar-refractivity contribution in [3.05, 3.63) is 21.7 Å². The maximum atomic E-state index is 6.33. The normalized spacial score (nSPS) is 20.8. The minimum absolute atomic E-state index is 0.197. The Hall–Kier alpha value is -0.380. The van der Waals surface area contributed by atoms with E-state index in [4.69, 9.17) is 27.9 Å². The molecule has 0 bridgehead atoms. The lowest BCUT2D eigenvalue weighted by molar-refractivity contribution is -0.0729. The highest BCUT2D eigenvalue weighted by Gasteiger charge is 2.42.